The minimum absolute atomic E-state index is 0.0673. The minimum Gasteiger partial charge on any atom is -0.466 e. The van der Waals surface area contributed by atoms with Crippen LogP contribution < -0.4 is 15.8 Å². The molecule has 1 atom stereocenters. The van der Waals surface area contributed by atoms with Crippen LogP contribution in [0.3, 0.4) is 0 Å². The van der Waals surface area contributed by atoms with Gasteiger partial charge in [-0.25, -0.2) is 18.4 Å². The highest BCUT2D eigenvalue weighted by Gasteiger charge is 2.46. The zero-order valence-corrected chi connectivity index (χ0v) is 21.1. The first-order valence-electron chi connectivity index (χ1n) is 10.9. The van der Waals surface area contributed by atoms with Crippen LogP contribution in [0, 0.1) is 5.41 Å². The zero-order chi connectivity index (χ0) is 25.7. The number of anilines is 1. The number of primary sulfonamides is 1. The minimum atomic E-state index is -3.90. The van der Waals surface area contributed by atoms with Crippen molar-refractivity contribution in [1.82, 2.24) is 0 Å². The van der Waals surface area contributed by atoms with Crippen LogP contribution in [0.2, 0.25) is 5.02 Å². The van der Waals surface area contributed by atoms with Crippen molar-refractivity contribution < 1.29 is 22.7 Å². The lowest BCUT2D eigenvalue weighted by Crippen LogP contribution is -2.43. The third-order valence-corrected chi connectivity index (χ3v) is 7.47. The zero-order valence-electron chi connectivity index (χ0n) is 19.5. The van der Waals surface area contributed by atoms with Crippen molar-refractivity contribution >= 4 is 39.1 Å². The Balaban J connectivity index is 2.00. The van der Waals surface area contributed by atoms with E-state index in [2.05, 4.69) is 0 Å². The number of carbonyl (C=O) groups is 2. The predicted octanol–water partition coefficient (Wildman–Crippen LogP) is 3.58. The molecule has 10 heteroatoms. The molecule has 0 fully saturated rings. The van der Waals surface area contributed by atoms with Gasteiger partial charge < -0.3 is 10.5 Å². The largest absolute Gasteiger partial charge is 0.466 e. The van der Waals surface area contributed by atoms with Gasteiger partial charge in [-0.15, -0.1) is 0 Å². The number of methoxy groups -OCH3 is 1. The van der Waals surface area contributed by atoms with Crippen molar-refractivity contribution in [2.75, 3.05) is 12.0 Å². The van der Waals surface area contributed by atoms with Crippen LogP contribution in [0.4, 0.5) is 5.69 Å². The number of ether oxygens (including phenoxy) is 1. The quantitative estimate of drug-likeness (QED) is 0.594. The molecule has 4 N–H and O–H groups in total. The van der Waals surface area contributed by atoms with Gasteiger partial charge in [0.25, 0.3) is 0 Å². The van der Waals surface area contributed by atoms with Crippen molar-refractivity contribution in [3.05, 3.63) is 81.8 Å². The number of nitrogens with zero attached hydrogens (tertiary/aromatic N) is 1. The summed E-state index contributed by atoms with van der Waals surface area (Å²) in [5.41, 5.74) is 8.69. The number of ketones is 1. The van der Waals surface area contributed by atoms with E-state index in [1.165, 1.54) is 19.2 Å². The van der Waals surface area contributed by atoms with Gasteiger partial charge in [0.05, 0.1) is 23.5 Å². The highest BCUT2D eigenvalue weighted by atomic mass is 35.5. The molecule has 35 heavy (non-hydrogen) atoms. The first kappa shape index (κ1) is 25.0. The molecule has 0 amide bonds. The number of nitrogens with two attached hydrogens (primary N) is 2. The van der Waals surface area contributed by atoms with Gasteiger partial charge >= 0.3 is 5.97 Å². The highest BCUT2D eigenvalue weighted by molar-refractivity contribution is 7.89. The molecule has 1 heterocycles. The van der Waals surface area contributed by atoms with E-state index in [9.17, 15) is 18.0 Å². The molecule has 0 unspecified atom stereocenters. The van der Waals surface area contributed by atoms with Crippen LogP contribution >= 0.6 is 11.6 Å². The maximum Gasteiger partial charge on any atom is 0.338 e. The summed E-state index contributed by atoms with van der Waals surface area (Å²) in [6, 6.07) is 12.7. The number of hydrogen-bond acceptors (Lipinski definition) is 7. The number of halogens is 1. The average molecular weight is 516 g/mol. The van der Waals surface area contributed by atoms with Gasteiger partial charge in [-0.3, -0.25) is 9.69 Å². The lowest BCUT2D eigenvalue weighted by atomic mass is 9.68. The SMILES string of the molecule is COC(=O)C1=C(N)N(c2ccc(S(N)(=O)=O)cc2)C2=C(C(=O)CC(C)(C)C2)[C@H]1c1ccc(Cl)cc1. The van der Waals surface area contributed by atoms with Crippen molar-refractivity contribution in [1.29, 1.82) is 0 Å². The molecule has 0 spiro atoms. The van der Waals surface area contributed by atoms with Crippen LogP contribution in [0.1, 0.15) is 38.2 Å². The third-order valence-electron chi connectivity index (χ3n) is 6.29. The number of rotatable bonds is 4. The molecule has 1 aliphatic carbocycles. The molecule has 8 nitrogen and oxygen atoms in total. The molecule has 0 radical (unpaired) electrons. The molecule has 0 bridgehead atoms. The molecular weight excluding hydrogens is 490 g/mol. The van der Waals surface area contributed by atoms with E-state index in [4.69, 9.17) is 27.2 Å². The lowest BCUT2D eigenvalue weighted by molar-refractivity contribution is -0.136. The van der Waals surface area contributed by atoms with Crippen molar-refractivity contribution in [2.45, 2.75) is 37.5 Å². The fraction of sp³-hybridized carbons (Fsp3) is 0.280. The highest BCUT2D eigenvalue weighted by Crippen LogP contribution is 2.50. The van der Waals surface area contributed by atoms with Crippen LogP contribution in [0.25, 0.3) is 0 Å². The summed E-state index contributed by atoms with van der Waals surface area (Å²) in [6.45, 7) is 3.98. The Bertz CT molecular complexity index is 1380. The maximum absolute atomic E-state index is 13.6. The fourth-order valence-corrected chi connectivity index (χ4v) is 5.43. The number of carbonyl (C=O) groups excluding carboxylic acids is 2. The van der Waals surface area contributed by atoms with Gasteiger partial charge in [0.1, 0.15) is 5.82 Å². The van der Waals surface area contributed by atoms with E-state index in [0.717, 1.165) is 0 Å². The maximum atomic E-state index is 13.6. The lowest BCUT2D eigenvalue weighted by Gasteiger charge is -2.44. The molecule has 4 rings (SSSR count). The van der Waals surface area contributed by atoms with Crippen LogP contribution in [-0.2, 0) is 24.3 Å². The Morgan fingerprint density at radius 1 is 1.09 bits per heavy atom. The van der Waals surface area contributed by atoms with E-state index in [1.807, 2.05) is 13.8 Å². The van der Waals surface area contributed by atoms with E-state index < -0.39 is 21.9 Å². The molecule has 1 aliphatic heterocycles. The first-order chi connectivity index (χ1) is 16.3. The molecule has 2 aliphatic rings. The number of sulfonamides is 1. The Kier molecular flexibility index (Phi) is 6.29. The van der Waals surface area contributed by atoms with Gasteiger partial charge in [-0.1, -0.05) is 37.6 Å². The Hall–Kier alpha value is -3.14. The fourth-order valence-electron chi connectivity index (χ4n) is 4.79. The normalized spacial score (nSPS) is 20.1. The van der Waals surface area contributed by atoms with Gasteiger partial charge in [-0.2, -0.15) is 0 Å². The number of Topliss-reactive ketones (excluding diaryl/α,β-unsaturated/α-hetero) is 1. The second kappa shape index (κ2) is 8.82. The van der Waals surface area contributed by atoms with Gasteiger partial charge in [0, 0.05) is 28.4 Å². The summed E-state index contributed by atoms with van der Waals surface area (Å²) in [7, 11) is -2.65. The van der Waals surface area contributed by atoms with Crippen molar-refractivity contribution in [2.24, 2.45) is 16.3 Å². The Labute approximate surface area is 209 Å². The molecular formula is C25H26ClN3O5S. The van der Waals surface area contributed by atoms with E-state index in [-0.39, 0.29) is 27.5 Å². The van der Waals surface area contributed by atoms with Crippen LogP contribution in [0.5, 0.6) is 0 Å². The van der Waals surface area contributed by atoms with Crippen LogP contribution in [-0.4, -0.2) is 27.3 Å². The standard InChI is InChI=1S/C25H26ClN3O5S/c1-25(2)12-18-21(19(30)13-25)20(14-4-6-15(26)7-5-14)22(24(31)34-3)23(27)29(18)16-8-10-17(11-9-16)35(28,32)33/h4-11,20H,12-13,27H2,1-3H3,(H2,28,32,33)/t20-/m1/s1. The van der Waals surface area contributed by atoms with Gasteiger partial charge in [0.2, 0.25) is 10.0 Å². The smallest absolute Gasteiger partial charge is 0.338 e. The second-order valence-electron chi connectivity index (χ2n) is 9.45. The first-order valence-corrected chi connectivity index (χ1v) is 12.8. The number of hydrogen-bond donors (Lipinski definition) is 2. The van der Waals surface area contributed by atoms with Crippen molar-refractivity contribution in [3.63, 3.8) is 0 Å². The van der Waals surface area contributed by atoms with E-state index >= 15 is 0 Å². The summed E-state index contributed by atoms with van der Waals surface area (Å²) in [6.07, 6.45) is 0.798. The summed E-state index contributed by atoms with van der Waals surface area (Å²) < 4.78 is 28.6. The van der Waals surface area contributed by atoms with E-state index in [0.29, 0.717) is 40.4 Å². The molecule has 2 aromatic carbocycles. The van der Waals surface area contributed by atoms with Gasteiger partial charge in [0.15, 0.2) is 5.78 Å². The molecule has 0 aromatic heterocycles. The second-order valence-corrected chi connectivity index (χ2v) is 11.4. The average Bonchev–Trinajstić information content (AvgIpc) is 2.77. The number of allylic oxidation sites excluding steroid dienone is 2. The summed E-state index contributed by atoms with van der Waals surface area (Å²) in [4.78, 5) is 28.2. The van der Waals surface area contributed by atoms with Gasteiger partial charge in [-0.05, 0) is 53.8 Å². The molecule has 184 valence electrons. The van der Waals surface area contributed by atoms with Crippen molar-refractivity contribution in [3.8, 4) is 0 Å². The number of benzene rings is 2. The Morgan fingerprint density at radius 2 is 1.69 bits per heavy atom. The summed E-state index contributed by atoms with van der Waals surface area (Å²) in [5.74, 6) is -1.41. The van der Waals surface area contributed by atoms with E-state index in [1.54, 1.807) is 41.3 Å². The molecule has 2 aromatic rings. The predicted molar refractivity (Wildman–Crippen MR) is 133 cm³/mol. The van der Waals surface area contributed by atoms with Crippen LogP contribution in [0.15, 0.2) is 76.1 Å². The Morgan fingerprint density at radius 3 is 2.23 bits per heavy atom. The molecule has 0 saturated carbocycles. The third kappa shape index (κ3) is 4.59. The topological polar surface area (TPSA) is 133 Å². The molecule has 0 saturated heterocycles. The number of esters is 1. The summed E-state index contributed by atoms with van der Waals surface area (Å²) >= 11 is 6.09. The summed E-state index contributed by atoms with van der Waals surface area (Å²) in [5, 5.41) is 5.76. The monoisotopic (exact) mass is 515 g/mol.